The summed E-state index contributed by atoms with van der Waals surface area (Å²) in [6, 6.07) is 3.38. The molecule has 0 radical (unpaired) electrons. The van der Waals surface area contributed by atoms with Crippen molar-refractivity contribution in [1.29, 1.82) is 0 Å². The lowest BCUT2D eigenvalue weighted by atomic mass is 10.1. The van der Waals surface area contributed by atoms with Gasteiger partial charge in [0.2, 0.25) is 5.91 Å². The van der Waals surface area contributed by atoms with Gasteiger partial charge in [0.15, 0.2) is 0 Å². The van der Waals surface area contributed by atoms with Gasteiger partial charge in [-0.2, -0.15) is 10.2 Å². The van der Waals surface area contributed by atoms with Crippen molar-refractivity contribution in [2.24, 2.45) is 0 Å². The van der Waals surface area contributed by atoms with Crippen LogP contribution in [0.1, 0.15) is 18.5 Å². The van der Waals surface area contributed by atoms with Gasteiger partial charge in [0.25, 0.3) is 0 Å². The van der Waals surface area contributed by atoms with E-state index in [1.165, 1.54) is 17.3 Å². The number of aryl methyl sites for hydroxylation is 1. The molecule has 102 valence electrons. The molecule has 0 saturated carbocycles. The summed E-state index contributed by atoms with van der Waals surface area (Å²) in [4.78, 5) is 16.1. The Morgan fingerprint density at radius 3 is 3.05 bits per heavy atom. The highest BCUT2D eigenvalue weighted by Gasteiger charge is 2.17. The van der Waals surface area contributed by atoms with Crippen LogP contribution >= 0.6 is 0 Å². The largest absolute Gasteiger partial charge is 0.322 e. The summed E-state index contributed by atoms with van der Waals surface area (Å²) in [6.07, 6.45) is 4.68. The van der Waals surface area contributed by atoms with Crippen molar-refractivity contribution < 1.29 is 4.79 Å². The third-order valence-corrected chi connectivity index (χ3v) is 3.30. The Hall–Kier alpha value is -2.70. The Kier molecular flexibility index (Phi) is 2.94. The minimum Gasteiger partial charge on any atom is -0.322 e. The normalized spacial score (nSPS) is 12.5. The highest BCUT2D eigenvalue weighted by Crippen LogP contribution is 2.24. The third-order valence-electron chi connectivity index (χ3n) is 3.30. The standard InChI is InChI=1S/C13H14N6O/c1-8-3-4-11(12-10(8)5-15-18-12)17-13(20)9(2)19-7-14-6-16-19/h3-7,9H,1-2H3,(H,15,18)(H,17,20)/t9-/m0/s1. The van der Waals surface area contributed by atoms with E-state index in [0.29, 0.717) is 5.69 Å². The highest BCUT2D eigenvalue weighted by atomic mass is 16.2. The maximum absolute atomic E-state index is 12.2. The molecule has 1 amide bonds. The summed E-state index contributed by atoms with van der Waals surface area (Å²) >= 11 is 0. The first-order valence-electron chi connectivity index (χ1n) is 6.24. The lowest BCUT2D eigenvalue weighted by Crippen LogP contribution is -2.24. The summed E-state index contributed by atoms with van der Waals surface area (Å²) in [6.45, 7) is 3.77. The molecule has 0 aliphatic carbocycles. The molecule has 0 saturated heterocycles. The van der Waals surface area contributed by atoms with Gasteiger partial charge in [0.1, 0.15) is 18.7 Å². The number of carbonyl (C=O) groups excluding carboxylic acids is 1. The first kappa shape index (κ1) is 12.3. The molecule has 0 spiro atoms. The van der Waals surface area contributed by atoms with Crippen LogP contribution in [-0.4, -0.2) is 30.9 Å². The second kappa shape index (κ2) is 4.76. The number of nitrogens with zero attached hydrogens (tertiary/aromatic N) is 4. The van der Waals surface area contributed by atoms with Crippen molar-refractivity contribution >= 4 is 22.5 Å². The monoisotopic (exact) mass is 270 g/mol. The summed E-state index contributed by atoms with van der Waals surface area (Å²) < 4.78 is 1.51. The van der Waals surface area contributed by atoms with E-state index in [1.54, 1.807) is 13.1 Å². The third kappa shape index (κ3) is 2.03. The van der Waals surface area contributed by atoms with E-state index in [2.05, 4.69) is 25.6 Å². The van der Waals surface area contributed by atoms with Crippen LogP contribution in [-0.2, 0) is 4.79 Å². The fraction of sp³-hybridized carbons (Fsp3) is 0.231. The Labute approximate surface area is 115 Å². The number of hydrogen-bond donors (Lipinski definition) is 2. The predicted octanol–water partition coefficient (Wildman–Crippen LogP) is 1.66. The molecule has 0 bridgehead atoms. The summed E-state index contributed by atoms with van der Waals surface area (Å²) in [5.74, 6) is -0.157. The molecular formula is C13H14N6O. The molecule has 0 fully saturated rings. The smallest absolute Gasteiger partial charge is 0.249 e. The van der Waals surface area contributed by atoms with Crippen LogP contribution in [0.15, 0.2) is 31.0 Å². The average molecular weight is 270 g/mol. The number of aromatic amines is 1. The summed E-state index contributed by atoms with van der Waals surface area (Å²) in [7, 11) is 0. The van der Waals surface area contributed by atoms with Crippen LogP contribution in [0.3, 0.4) is 0 Å². The molecule has 3 aromatic rings. The van der Waals surface area contributed by atoms with Crippen LogP contribution in [0, 0.1) is 6.92 Å². The van der Waals surface area contributed by atoms with Crippen molar-refractivity contribution in [3.63, 3.8) is 0 Å². The summed E-state index contributed by atoms with van der Waals surface area (Å²) in [5.41, 5.74) is 2.64. The predicted molar refractivity (Wildman–Crippen MR) is 74.2 cm³/mol. The minimum absolute atomic E-state index is 0.157. The molecule has 2 heterocycles. The number of benzene rings is 1. The minimum atomic E-state index is -0.434. The maximum Gasteiger partial charge on any atom is 0.249 e. The van der Waals surface area contributed by atoms with Crippen LogP contribution in [0.5, 0.6) is 0 Å². The zero-order valence-electron chi connectivity index (χ0n) is 11.2. The van der Waals surface area contributed by atoms with Gasteiger partial charge in [0, 0.05) is 5.39 Å². The molecule has 2 N–H and O–H groups in total. The molecule has 0 unspecified atom stereocenters. The van der Waals surface area contributed by atoms with Crippen LogP contribution in [0.4, 0.5) is 5.69 Å². The van der Waals surface area contributed by atoms with Crippen molar-refractivity contribution in [3.05, 3.63) is 36.5 Å². The number of carbonyl (C=O) groups is 1. The van der Waals surface area contributed by atoms with E-state index in [4.69, 9.17) is 0 Å². The first-order valence-corrected chi connectivity index (χ1v) is 6.24. The number of fused-ring (bicyclic) bond motifs is 1. The second-order valence-electron chi connectivity index (χ2n) is 4.63. The molecule has 0 aliphatic rings. The van der Waals surface area contributed by atoms with E-state index in [0.717, 1.165) is 16.5 Å². The van der Waals surface area contributed by atoms with Gasteiger partial charge in [-0.3, -0.25) is 9.89 Å². The number of amides is 1. The summed E-state index contributed by atoms with van der Waals surface area (Å²) in [5, 5.41) is 14.8. The number of anilines is 1. The van der Waals surface area contributed by atoms with E-state index in [-0.39, 0.29) is 5.91 Å². The molecule has 20 heavy (non-hydrogen) atoms. The van der Waals surface area contributed by atoms with Gasteiger partial charge in [-0.25, -0.2) is 9.67 Å². The lowest BCUT2D eigenvalue weighted by molar-refractivity contribution is -0.119. The van der Waals surface area contributed by atoms with E-state index in [1.807, 2.05) is 19.1 Å². The molecule has 7 nitrogen and oxygen atoms in total. The van der Waals surface area contributed by atoms with E-state index < -0.39 is 6.04 Å². The molecule has 1 aromatic carbocycles. The van der Waals surface area contributed by atoms with Gasteiger partial charge >= 0.3 is 0 Å². The lowest BCUT2D eigenvalue weighted by Gasteiger charge is -2.13. The quantitative estimate of drug-likeness (QED) is 0.757. The fourth-order valence-electron chi connectivity index (χ4n) is 2.05. The number of hydrogen-bond acceptors (Lipinski definition) is 4. The van der Waals surface area contributed by atoms with Crippen molar-refractivity contribution in [3.8, 4) is 0 Å². The van der Waals surface area contributed by atoms with Gasteiger partial charge in [0.05, 0.1) is 17.4 Å². The molecule has 3 rings (SSSR count). The Morgan fingerprint density at radius 1 is 1.45 bits per heavy atom. The topological polar surface area (TPSA) is 88.5 Å². The number of nitrogens with one attached hydrogen (secondary N) is 2. The second-order valence-corrected chi connectivity index (χ2v) is 4.63. The number of rotatable bonds is 3. The Bertz CT molecular complexity index is 745. The maximum atomic E-state index is 12.2. The van der Waals surface area contributed by atoms with Gasteiger partial charge in [-0.1, -0.05) is 6.07 Å². The molecule has 7 heteroatoms. The zero-order valence-corrected chi connectivity index (χ0v) is 11.2. The van der Waals surface area contributed by atoms with Crippen LogP contribution in [0.2, 0.25) is 0 Å². The highest BCUT2D eigenvalue weighted by molar-refractivity contribution is 6.02. The fourth-order valence-corrected chi connectivity index (χ4v) is 2.05. The van der Waals surface area contributed by atoms with Gasteiger partial charge in [-0.05, 0) is 25.5 Å². The molecular weight excluding hydrogens is 256 g/mol. The van der Waals surface area contributed by atoms with Crippen molar-refractivity contribution in [2.45, 2.75) is 19.9 Å². The van der Waals surface area contributed by atoms with Crippen LogP contribution < -0.4 is 5.32 Å². The molecule has 2 aromatic heterocycles. The Balaban J connectivity index is 1.88. The Morgan fingerprint density at radius 2 is 2.30 bits per heavy atom. The van der Waals surface area contributed by atoms with E-state index in [9.17, 15) is 4.79 Å². The first-order chi connectivity index (χ1) is 9.66. The van der Waals surface area contributed by atoms with Crippen molar-refractivity contribution in [2.75, 3.05) is 5.32 Å². The molecule has 1 atom stereocenters. The SMILES string of the molecule is Cc1ccc(NC(=O)[C@H](C)n2cncn2)c2[nH]ncc12. The number of aromatic nitrogens is 5. The molecule has 0 aliphatic heterocycles. The number of H-pyrrole nitrogens is 1. The van der Waals surface area contributed by atoms with Gasteiger partial charge in [-0.15, -0.1) is 0 Å². The van der Waals surface area contributed by atoms with Crippen LogP contribution in [0.25, 0.3) is 10.9 Å². The van der Waals surface area contributed by atoms with E-state index >= 15 is 0 Å². The van der Waals surface area contributed by atoms with Crippen molar-refractivity contribution in [1.82, 2.24) is 25.0 Å². The average Bonchev–Trinajstić information content (AvgIpc) is 3.11. The van der Waals surface area contributed by atoms with Gasteiger partial charge < -0.3 is 5.32 Å². The zero-order chi connectivity index (χ0) is 14.1.